The van der Waals surface area contributed by atoms with Gasteiger partial charge in [-0.15, -0.1) is 11.8 Å². The Labute approximate surface area is 184 Å². The van der Waals surface area contributed by atoms with Crippen molar-refractivity contribution in [2.45, 2.75) is 32.3 Å². The van der Waals surface area contributed by atoms with Gasteiger partial charge in [-0.05, 0) is 49.8 Å². The van der Waals surface area contributed by atoms with Crippen LogP contribution < -0.4 is 0 Å². The van der Waals surface area contributed by atoms with Crippen molar-refractivity contribution >= 4 is 17.4 Å². The topological polar surface area (TPSA) is 105 Å². The Kier molecular flexibility index (Phi) is 6.15. The number of aryl methyl sites for hydroxylation is 1. The van der Waals surface area contributed by atoms with E-state index in [1.54, 1.807) is 43.0 Å². The summed E-state index contributed by atoms with van der Waals surface area (Å²) in [6.07, 6.45) is 7.08. The Balaban J connectivity index is 1.57. The monoisotopic (exact) mass is 444 g/mol. The van der Waals surface area contributed by atoms with Crippen molar-refractivity contribution in [3.8, 4) is 0 Å². The Bertz CT molecular complexity index is 988. The van der Waals surface area contributed by atoms with Gasteiger partial charge in [-0.3, -0.25) is 20.2 Å². The molecule has 2 heterocycles. The van der Waals surface area contributed by atoms with Crippen LogP contribution in [0, 0.1) is 38.5 Å². The molecule has 164 valence electrons. The van der Waals surface area contributed by atoms with Crippen LogP contribution >= 0.6 is 11.8 Å². The number of allylic oxidation sites excluding steroid dienone is 3. The largest absolute Gasteiger partial charge is 0.494 e. The zero-order chi connectivity index (χ0) is 22.0. The second-order valence-corrected chi connectivity index (χ2v) is 9.34. The number of hydrogen-bond acceptors (Lipinski definition) is 7. The number of rotatable bonds is 6. The lowest BCUT2D eigenvalue weighted by Gasteiger charge is -2.34. The standard InChI is InChI=1S/C22H24N2O6S/c1-15-8-17(4-7-19(15)24(27)28)10-22(9-16-2-5-18(6-3-16)23(25)26)13-29-20-11-31-12-21(20)30-14-22/h2,4-8,11,16,21H,3,9-10,12-14H2,1H3. The predicted octanol–water partition coefficient (Wildman–Crippen LogP) is 4.56. The quantitative estimate of drug-likeness (QED) is 0.468. The lowest BCUT2D eigenvalue weighted by Crippen LogP contribution is -2.35. The van der Waals surface area contributed by atoms with Gasteiger partial charge >= 0.3 is 0 Å². The Morgan fingerprint density at radius 3 is 2.74 bits per heavy atom. The fourth-order valence-corrected chi connectivity index (χ4v) is 5.36. The maximum Gasteiger partial charge on any atom is 0.272 e. The second kappa shape index (κ2) is 8.84. The third kappa shape index (κ3) is 4.83. The summed E-state index contributed by atoms with van der Waals surface area (Å²) in [5, 5.41) is 24.2. The van der Waals surface area contributed by atoms with Gasteiger partial charge < -0.3 is 9.47 Å². The minimum Gasteiger partial charge on any atom is -0.494 e. The summed E-state index contributed by atoms with van der Waals surface area (Å²) in [6.45, 7) is 2.72. The summed E-state index contributed by atoms with van der Waals surface area (Å²) in [7, 11) is 0. The van der Waals surface area contributed by atoms with E-state index in [0.717, 1.165) is 23.5 Å². The van der Waals surface area contributed by atoms with Gasteiger partial charge in [-0.2, -0.15) is 0 Å². The third-order valence-electron chi connectivity index (χ3n) is 6.01. The van der Waals surface area contributed by atoms with E-state index in [0.29, 0.717) is 31.6 Å². The first-order valence-electron chi connectivity index (χ1n) is 10.2. The molecule has 9 heteroatoms. The van der Waals surface area contributed by atoms with Crippen molar-refractivity contribution in [2.75, 3.05) is 19.0 Å². The lowest BCUT2D eigenvalue weighted by molar-refractivity contribution is -0.419. The fourth-order valence-electron chi connectivity index (χ4n) is 4.44. The van der Waals surface area contributed by atoms with E-state index >= 15 is 0 Å². The highest BCUT2D eigenvalue weighted by atomic mass is 32.2. The van der Waals surface area contributed by atoms with Gasteiger partial charge in [0.15, 0.2) is 0 Å². The summed E-state index contributed by atoms with van der Waals surface area (Å²) in [5.41, 5.74) is 1.51. The molecule has 0 radical (unpaired) electrons. The highest BCUT2D eigenvalue weighted by Crippen LogP contribution is 2.41. The molecule has 3 aliphatic rings. The minimum atomic E-state index is -0.371. The lowest BCUT2D eigenvalue weighted by atomic mass is 9.74. The SMILES string of the molecule is Cc1cc(CC2(CC3C=CC([N+](=O)[O-])=CC3)COC3=CSCC3OC2)ccc1[N+](=O)[O-]. The molecule has 1 saturated heterocycles. The average molecular weight is 445 g/mol. The molecule has 1 aromatic carbocycles. The number of nitro benzene ring substituents is 1. The molecule has 0 spiro atoms. The second-order valence-electron chi connectivity index (χ2n) is 8.44. The number of benzene rings is 1. The molecule has 2 aliphatic heterocycles. The van der Waals surface area contributed by atoms with Crippen molar-refractivity contribution in [3.63, 3.8) is 0 Å². The van der Waals surface area contributed by atoms with E-state index in [1.165, 1.54) is 0 Å². The minimum absolute atomic E-state index is 0.0478. The van der Waals surface area contributed by atoms with Gasteiger partial charge in [0.25, 0.3) is 11.4 Å². The highest BCUT2D eigenvalue weighted by Gasteiger charge is 2.40. The van der Waals surface area contributed by atoms with E-state index in [-0.39, 0.29) is 38.7 Å². The molecule has 1 fully saturated rings. The van der Waals surface area contributed by atoms with E-state index in [1.807, 2.05) is 17.6 Å². The molecule has 1 aromatic rings. The summed E-state index contributed by atoms with van der Waals surface area (Å²) in [5.74, 6) is 1.83. The first-order chi connectivity index (χ1) is 14.8. The van der Waals surface area contributed by atoms with E-state index in [9.17, 15) is 20.2 Å². The van der Waals surface area contributed by atoms with Crippen LogP contribution in [0.25, 0.3) is 0 Å². The molecule has 31 heavy (non-hydrogen) atoms. The third-order valence-corrected chi connectivity index (χ3v) is 6.91. The van der Waals surface area contributed by atoms with Crippen LogP contribution in [0.2, 0.25) is 0 Å². The molecule has 1 aliphatic carbocycles. The molecule has 4 rings (SSSR count). The Morgan fingerprint density at radius 1 is 1.23 bits per heavy atom. The van der Waals surface area contributed by atoms with E-state index in [4.69, 9.17) is 9.47 Å². The molecule has 0 amide bonds. The van der Waals surface area contributed by atoms with Crippen molar-refractivity contribution < 1.29 is 19.3 Å². The molecule has 8 nitrogen and oxygen atoms in total. The van der Waals surface area contributed by atoms with Crippen molar-refractivity contribution in [1.29, 1.82) is 0 Å². The first kappa shape index (κ1) is 21.6. The van der Waals surface area contributed by atoms with Crippen LogP contribution in [0.3, 0.4) is 0 Å². The smallest absolute Gasteiger partial charge is 0.272 e. The van der Waals surface area contributed by atoms with Crippen LogP contribution in [-0.2, 0) is 15.9 Å². The normalized spacial score (nSPS) is 27.5. The maximum atomic E-state index is 11.2. The maximum absolute atomic E-state index is 11.2. The zero-order valence-corrected chi connectivity index (χ0v) is 18.0. The van der Waals surface area contributed by atoms with Crippen molar-refractivity contribution in [2.24, 2.45) is 11.3 Å². The number of nitrogens with zero attached hydrogens (tertiary/aromatic N) is 2. The van der Waals surface area contributed by atoms with Crippen LogP contribution in [0.15, 0.2) is 53.3 Å². The van der Waals surface area contributed by atoms with Gasteiger partial charge in [0.2, 0.25) is 0 Å². The number of nitro groups is 2. The number of ether oxygens (including phenoxy) is 2. The van der Waals surface area contributed by atoms with Crippen molar-refractivity contribution in [1.82, 2.24) is 0 Å². The summed E-state index contributed by atoms with van der Waals surface area (Å²) in [4.78, 5) is 21.4. The summed E-state index contributed by atoms with van der Waals surface area (Å²) >= 11 is 1.68. The zero-order valence-electron chi connectivity index (χ0n) is 17.2. The van der Waals surface area contributed by atoms with Crippen LogP contribution in [0.5, 0.6) is 0 Å². The number of fused-ring (bicyclic) bond motifs is 1. The first-order valence-corrected chi connectivity index (χ1v) is 11.2. The Hall–Kier alpha value is -2.65. The Morgan fingerprint density at radius 2 is 2.06 bits per heavy atom. The molecule has 0 saturated carbocycles. The van der Waals surface area contributed by atoms with Gasteiger partial charge in [0.1, 0.15) is 11.9 Å². The molecule has 3 unspecified atom stereocenters. The number of hydrogen-bond donors (Lipinski definition) is 0. The van der Waals surface area contributed by atoms with Gasteiger partial charge in [0.05, 0.1) is 23.1 Å². The van der Waals surface area contributed by atoms with Gasteiger partial charge in [-0.1, -0.05) is 12.1 Å². The molecule has 0 N–H and O–H groups in total. The summed E-state index contributed by atoms with van der Waals surface area (Å²) < 4.78 is 12.4. The molecular weight excluding hydrogens is 420 g/mol. The highest BCUT2D eigenvalue weighted by molar-refractivity contribution is 8.02. The van der Waals surface area contributed by atoms with Crippen LogP contribution in [0.4, 0.5) is 5.69 Å². The summed E-state index contributed by atoms with van der Waals surface area (Å²) in [6, 6.07) is 5.22. The van der Waals surface area contributed by atoms with E-state index < -0.39 is 0 Å². The molecule has 3 atom stereocenters. The number of thioether (sulfide) groups is 1. The van der Waals surface area contributed by atoms with Crippen LogP contribution in [0.1, 0.15) is 24.0 Å². The van der Waals surface area contributed by atoms with Gasteiger partial charge in [0, 0.05) is 34.3 Å². The van der Waals surface area contributed by atoms with E-state index in [2.05, 4.69) is 0 Å². The van der Waals surface area contributed by atoms with Crippen molar-refractivity contribution in [3.05, 3.63) is 84.6 Å². The average Bonchev–Trinajstić information content (AvgIpc) is 3.12. The van der Waals surface area contributed by atoms with Gasteiger partial charge in [-0.25, -0.2) is 0 Å². The predicted molar refractivity (Wildman–Crippen MR) is 117 cm³/mol. The molecular formula is C22H24N2O6S. The van der Waals surface area contributed by atoms with Crippen LogP contribution in [-0.4, -0.2) is 34.9 Å². The molecule has 0 bridgehead atoms. The molecule has 0 aromatic heterocycles. The fraction of sp³-hybridized carbons (Fsp3) is 0.455.